The number of carboxylic acids is 1. The third-order valence-electron chi connectivity index (χ3n) is 3.50. The van der Waals surface area contributed by atoms with E-state index in [0.717, 1.165) is 0 Å². The van der Waals surface area contributed by atoms with Gasteiger partial charge < -0.3 is 15.3 Å². The first-order chi connectivity index (χ1) is 9.82. The summed E-state index contributed by atoms with van der Waals surface area (Å²) in [5.41, 5.74) is -1.05. The van der Waals surface area contributed by atoms with E-state index < -0.39 is 17.5 Å². The second-order valence-electron chi connectivity index (χ2n) is 5.05. The average Bonchev–Trinajstić information content (AvgIpc) is 2.47. The van der Waals surface area contributed by atoms with Gasteiger partial charge in [-0.25, -0.2) is 9.59 Å². The highest BCUT2D eigenvalue weighted by molar-refractivity contribution is 5.87. The Bertz CT molecular complexity index is 553. The predicted octanol–water partition coefficient (Wildman–Crippen LogP) is 1.93. The number of carbonyl (C=O) groups excluding carboxylic acids is 1. The van der Waals surface area contributed by atoms with Crippen LogP contribution in [0.4, 0.5) is 4.79 Å². The van der Waals surface area contributed by atoms with Crippen molar-refractivity contribution in [3.8, 4) is 6.07 Å². The SMILES string of the molecule is CC(CC#N)N(C)C(=O)NC(C)(C(=O)O)c1ccccc1. The van der Waals surface area contributed by atoms with E-state index in [-0.39, 0.29) is 12.5 Å². The Labute approximate surface area is 124 Å². The molecule has 0 aliphatic rings. The second kappa shape index (κ2) is 6.75. The summed E-state index contributed by atoms with van der Waals surface area (Å²) in [6, 6.07) is 9.64. The normalized spacial score (nSPS) is 14.4. The maximum atomic E-state index is 12.2. The standard InChI is InChI=1S/C15H19N3O3/c1-11(9-10-16)18(3)14(21)17-15(2,13(19)20)12-7-5-4-6-8-12/h4-8,11H,9H2,1-3H3,(H,17,21)(H,19,20). The quantitative estimate of drug-likeness (QED) is 0.866. The number of nitriles is 1. The summed E-state index contributed by atoms with van der Waals surface area (Å²) in [7, 11) is 1.53. The van der Waals surface area contributed by atoms with Crippen molar-refractivity contribution in [3.05, 3.63) is 35.9 Å². The topological polar surface area (TPSA) is 93.4 Å². The van der Waals surface area contributed by atoms with Gasteiger partial charge in [0.1, 0.15) is 0 Å². The van der Waals surface area contributed by atoms with Crippen molar-refractivity contribution in [2.75, 3.05) is 7.05 Å². The molecule has 0 heterocycles. The van der Waals surface area contributed by atoms with Crippen molar-refractivity contribution < 1.29 is 14.7 Å². The van der Waals surface area contributed by atoms with Gasteiger partial charge in [0.25, 0.3) is 0 Å². The van der Waals surface area contributed by atoms with Gasteiger partial charge in [-0.05, 0) is 19.4 Å². The van der Waals surface area contributed by atoms with Crippen molar-refractivity contribution in [1.82, 2.24) is 10.2 Å². The van der Waals surface area contributed by atoms with Gasteiger partial charge in [0.05, 0.1) is 12.5 Å². The fourth-order valence-corrected chi connectivity index (χ4v) is 1.79. The van der Waals surface area contributed by atoms with Crippen LogP contribution in [0.2, 0.25) is 0 Å². The van der Waals surface area contributed by atoms with Crippen LogP contribution in [0.15, 0.2) is 30.3 Å². The molecule has 0 aliphatic heterocycles. The molecular weight excluding hydrogens is 270 g/mol. The minimum absolute atomic E-state index is 0.180. The maximum absolute atomic E-state index is 12.2. The summed E-state index contributed by atoms with van der Waals surface area (Å²) >= 11 is 0. The summed E-state index contributed by atoms with van der Waals surface area (Å²) in [5.74, 6) is -1.15. The van der Waals surface area contributed by atoms with Gasteiger partial charge in [0.2, 0.25) is 0 Å². The van der Waals surface area contributed by atoms with Gasteiger partial charge in [-0.2, -0.15) is 5.26 Å². The van der Waals surface area contributed by atoms with Gasteiger partial charge >= 0.3 is 12.0 Å². The molecule has 0 aliphatic carbocycles. The lowest BCUT2D eigenvalue weighted by atomic mass is 9.92. The molecule has 1 rings (SSSR count). The molecule has 0 aromatic heterocycles. The number of carboxylic acid groups (broad SMARTS) is 1. The first-order valence-corrected chi connectivity index (χ1v) is 6.53. The number of nitrogens with one attached hydrogen (secondary N) is 1. The fraction of sp³-hybridized carbons (Fsp3) is 0.400. The Morgan fingerprint density at radius 1 is 1.43 bits per heavy atom. The molecule has 0 radical (unpaired) electrons. The van der Waals surface area contributed by atoms with Crippen molar-refractivity contribution in [1.29, 1.82) is 5.26 Å². The number of benzene rings is 1. The zero-order chi connectivity index (χ0) is 16.0. The first kappa shape index (κ1) is 16.5. The van der Waals surface area contributed by atoms with Gasteiger partial charge in [0.15, 0.2) is 5.54 Å². The highest BCUT2D eigenvalue weighted by Crippen LogP contribution is 2.21. The Morgan fingerprint density at radius 3 is 2.48 bits per heavy atom. The first-order valence-electron chi connectivity index (χ1n) is 6.53. The van der Waals surface area contributed by atoms with Gasteiger partial charge in [-0.1, -0.05) is 30.3 Å². The van der Waals surface area contributed by atoms with E-state index in [4.69, 9.17) is 5.26 Å². The molecule has 2 amide bonds. The van der Waals surface area contributed by atoms with Gasteiger partial charge in [-0.3, -0.25) is 0 Å². The molecule has 0 saturated heterocycles. The average molecular weight is 289 g/mol. The Hall–Kier alpha value is -2.55. The molecule has 0 spiro atoms. The molecule has 1 aromatic carbocycles. The van der Waals surface area contributed by atoms with E-state index in [2.05, 4.69) is 5.32 Å². The van der Waals surface area contributed by atoms with E-state index in [1.807, 2.05) is 6.07 Å². The molecular formula is C15H19N3O3. The minimum Gasteiger partial charge on any atom is -0.479 e. The second-order valence-corrected chi connectivity index (χ2v) is 5.05. The summed E-state index contributed by atoms with van der Waals surface area (Å²) in [4.78, 5) is 25.1. The molecule has 21 heavy (non-hydrogen) atoms. The molecule has 0 fully saturated rings. The summed E-state index contributed by atoms with van der Waals surface area (Å²) < 4.78 is 0. The third-order valence-corrected chi connectivity index (χ3v) is 3.50. The molecule has 112 valence electrons. The van der Waals surface area contributed by atoms with Crippen LogP contribution in [-0.2, 0) is 10.3 Å². The zero-order valence-corrected chi connectivity index (χ0v) is 12.3. The van der Waals surface area contributed by atoms with E-state index in [9.17, 15) is 14.7 Å². The van der Waals surface area contributed by atoms with Crippen molar-refractivity contribution in [3.63, 3.8) is 0 Å². The summed E-state index contributed by atoms with van der Waals surface area (Å²) in [5, 5.41) is 20.7. The molecule has 2 unspecified atom stereocenters. The lowest BCUT2D eigenvalue weighted by Crippen LogP contribution is -2.54. The van der Waals surface area contributed by atoms with E-state index in [1.54, 1.807) is 37.3 Å². The smallest absolute Gasteiger partial charge is 0.333 e. The van der Waals surface area contributed by atoms with E-state index in [0.29, 0.717) is 5.56 Å². The molecule has 2 atom stereocenters. The van der Waals surface area contributed by atoms with Crippen LogP contribution in [0.25, 0.3) is 0 Å². The number of nitrogens with zero attached hydrogens (tertiary/aromatic N) is 2. The fourth-order valence-electron chi connectivity index (χ4n) is 1.79. The summed E-state index contributed by atoms with van der Waals surface area (Å²) in [6.07, 6.45) is 0.180. The van der Waals surface area contributed by atoms with Crippen LogP contribution in [0.1, 0.15) is 25.8 Å². The molecule has 0 saturated carbocycles. The van der Waals surface area contributed by atoms with Crippen LogP contribution in [-0.4, -0.2) is 35.1 Å². The number of urea groups is 1. The van der Waals surface area contributed by atoms with Crippen molar-refractivity contribution in [2.45, 2.75) is 31.8 Å². The molecule has 6 nitrogen and oxygen atoms in total. The molecule has 6 heteroatoms. The van der Waals surface area contributed by atoms with Crippen molar-refractivity contribution in [2.24, 2.45) is 0 Å². The maximum Gasteiger partial charge on any atom is 0.333 e. The highest BCUT2D eigenvalue weighted by Gasteiger charge is 2.38. The van der Waals surface area contributed by atoms with Gasteiger partial charge in [0, 0.05) is 13.1 Å². The number of hydrogen-bond acceptors (Lipinski definition) is 3. The van der Waals surface area contributed by atoms with Crippen LogP contribution in [0.5, 0.6) is 0 Å². The van der Waals surface area contributed by atoms with Crippen LogP contribution >= 0.6 is 0 Å². The molecule has 2 N–H and O–H groups in total. The Morgan fingerprint density at radius 2 is 2.00 bits per heavy atom. The Balaban J connectivity index is 2.97. The number of aliphatic carboxylic acids is 1. The lowest BCUT2D eigenvalue weighted by Gasteiger charge is -2.31. The monoisotopic (exact) mass is 289 g/mol. The van der Waals surface area contributed by atoms with Crippen molar-refractivity contribution >= 4 is 12.0 Å². The number of carbonyl (C=O) groups is 2. The number of hydrogen-bond donors (Lipinski definition) is 2. The number of rotatable bonds is 5. The van der Waals surface area contributed by atoms with E-state index in [1.165, 1.54) is 18.9 Å². The third kappa shape index (κ3) is 3.72. The Kier molecular flexibility index (Phi) is 5.30. The largest absolute Gasteiger partial charge is 0.479 e. The molecule has 0 bridgehead atoms. The lowest BCUT2D eigenvalue weighted by molar-refractivity contribution is -0.144. The summed E-state index contributed by atoms with van der Waals surface area (Å²) in [6.45, 7) is 3.16. The zero-order valence-electron chi connectivity index (χ0n) is 12.3. The highest BCUT2D eigenvalue weighted by atomic mass is 16.4. The molecule has 1 aromatic rings. The predicted molar refractivity (Wildman–Crippen MR) is 77.4 cm³/mol. The van der Waals surface area contributed by atoms with Gasteiger partial charge in [-0.15, -0.1) is 0 Å². The minimum atomic E-state index is -1.53. The number of amides is 2. The van der Waals surface area contributed by atoms with Crippen LogP contribution in [0.3, 0.4) is 0 Å². The van der Waals surface area contributed by atoms with Crippen LogP contribution in [0, 0.1) is 11.3 Å². The van der Waals surface area contributed by atoms with Crippen LogP contribution < -0.4 is 5.32 Å². The van der Waals surface area contributed by atoms with E-state index >= 15 is 0 Å².